The standard InChI is InChI=1S/C12H15F3N2O/c1-3-16(4-2)17(11(18)12(13,14)15)10-8-6-5-7-9-10/h5-9H,3-4H2,1-2H3. The van der Waals surface area contributed by atoms with E-state index in [4.69, 9.17) is 0 Å². The summed E-state index contributed by atoms with van der Waals surface area (Å²) in [6.07, 6.45) is -4.89. The van der Waals surface area contributed by atoms with E-state index in [1.807, 2.05) is 0 Å². The van der Waals surface area contributed by atoms with Crippen LogP contribution in [0.5, 0.6) is 0 Å². The Kier molecular flexibility index (Phi) is 4.72. The first-order valence-corrected chi connectivity index (χ1v) is 5.63. The van der Waals surface area contributed by atoms with E-state index in [1.54, 1.807) is 32.0 Å². The van der Waals surface area contributed by atoms with Crippen LogP contribution in [0.1, 0.15) is 13.8 Å². The predicted molar refractivity (Wildman–Crippen MR) is 62.9 cm³/mol. The number of hydrogen-bond donors (Lipinski definition) is 0. The number of hydrazine groups is 1. The van der Waals surface area contributed by atoms with Crippen molar-refractivity contribution >= 4 is 11.6 Å². The molecule has 0 saturated heterocycles. The Morgan fingerprint density at radius 1 is 1.11 bits per heavy atom. The zero-order valence-electron chi connectivity index (χ0n) is 10.2. The van der Waals surface area contributed by atoms with Crippen LogP contribution >= 0.6 is 0 Å². The highest BCUT2D eigenvalue weighted by molar-refractivity contribution is 5.96. The number of para-hydroxylation sites is 1. The Bertz CT molecular complexity index is 388. The summed E-state index contributed by atoms with van der Waals surface area (Å²) in [7, 11) is 0. The van der Waals surface area contributed by atoms with E-state index in [0.29, 0.717) is 18.1 Å². The molecule has 1 aromatic rings. The number of carbonyl (C=O) groups excluding carboxylic acids is 1. The molecule has 0 aliphatic carbocycles. The zero-order valence-corrected chi connectivity index (χ0v) is 10.2. The van der Waals surface area contributed by atoms with Crippen molar-refractivity contribution in [2.24, 2.45) is 0 Å². The minimum Gasteiger partial charge on any atom is -0.262 e. The molecule has 0 aliphatic rings. The highest BCUT2D eigenvalue weighted by Gasteiger charge is 2.44. The molecule has 1 aromatic carbocycles. The van der Waals surface area contributed by atoms with Gasteiger partial charge in [-0.1, -0.05) is 32.0 Å². The molecule has 18 heavy (non-hydrogen) atoms. The second-order valence-electron chi connectivity index (χ2n) is 3.59. The molecule has 3 nitrogen and oxygen atoms in total. The summed E-state index contributed by atoms with van der Waals surface area (Å²) in [6, 6.07) is 7.82. The lowest BCUT2D eigenvalue weighted by atomic mass is 10.3. The maximum Gasteiger partial charge on any atom is 0.473 e. The molecular weight excluding hydrogens is 245 g/mol. The van der Waals surface area contributed by atoms with Crippen LogP contribution < -0.4 is 5.01 Å². The SMILES string of the molecule is CCN(CC)N(C(=O)C(F)(F)F)c1ccccc1. The van der Waals surface area contributed by atoms with E-state index in [-0.39, 0.29) is 5.69 Å². The summed E-state index contributed by atoms with van der Waals surface area (Å²) in [4.78, 5) is 11.5. The number of benzene rings is 1. The van der Waals surface area contributed by atoms with Gasteiger partial charge in [0.05, 0.1) is 5.69 Å². The summed E-state index contributed by atoms with van der Waals surface area (Å²) < 4.78 is 37.8. The third-order valence-electron chi connectivity index (χ3n) is 2.45. The van der Waals surface area contributed by atoms with Gasteiger partial charge in [0, 0.05) is 13.1 Å². The Morgan fingerprint density at radius 3 is 2.00 bits per heavy atom. The van der Waals surface area contributed by atoms with Gasteiger partial charge in [-0.05, 0) is 12.1 Å². The molecule has 0 heterocycles. The van der Waals surface area contributed by atoms with Crippen molar-refractivity contribution < 1.29 is 18.0 Å². The van der Waals surface area contributed by atoms with E-state index in [0.717, 1.165) is 0 Å². The number of amides is 1. The lowest BCUT2D eigenvalue weighted by molar-refractivity contribution is -0.173. The van der Waals surface area contributed by atoms with Crippen LogP contribution in [0.4, 0.5) is 18.9 Å². The molecule has 0 spiro atoms. The van der Waals surface area contributed by atoms with Gasteiger partial charge in [-0.3, -0.25) is 4.79 Å². The van der Waals surface area contributed by atoms with Crippen LogP contribution in [0.15, 0.2) is 30.3 Å². The van der Waals surface area contributed by atoms with Gasteiger partial charge in [-0.2, -0.15) is 13.2 Å². The first kappa shape index (κ1) is 14.5. The van der Waals surface area contributed by atoms with Gasteiger partial charge >= 0.3 is 12.1 Å². The molecule has 0 fully saturated rings. The molecule has 1 amide bonds. The van der Waals surface area contributed by atoms with Crippen LogP contribution in [-0.4, -0.2) is 30.2 Å². The minimum atomic E-state index is -4.89. The third kappa shape index (κ3) is 3.22. The molecular formula is C12H15F3N2O. The highest BCUT2D eigenvalue weighted by Crippen LogP contribution is 2.24. The molecule has 0 N–H and O–H groups in total. The Labute approximate surface area is 104 Å². The van der Waals surface area contributed by atoms with Gasteiger partial charge < -0.3 is 0 Å². The van der Waals surface area contributed by atoms with Crippen LogP contribution in [0.25, 0.3) is 0 Å². The maximum atomic E-state index is 12.6. The van der Waals surface area contributed by atoms with E-state index in [2.05, 4.69) is 0 Å². The van der Waals surface area contributed by atoms with Crippen LogP contribution in [-0.2, 0) is 4.79 Å². The van der Waals surface area contributed by atoms with Crippen molar-refractivity contribution in [3.05, 3.63) is 30.3 Å². The average Bonchev–Trinajstić information content (AvgIpc) is 2.35. The summed E-state index contributed by atoms with van der Waals surface area (Å²) in [6.45, 7) is 4.02. The van der Waals surface area contributed by atoms with Crippen molar-refractivity contribution in [1.82, 2.24) is 5.01 Å². The van der Waals surface area contributed by atoms with Crippen molar-refractivity contribution in [2.75, 3.05) is 18.1 Å². The Morgan fingerprint density at radius 2 is 1.61 bits per heavy atom. The van der Waals surface area contributed by atoms with Crippen molar-refractivity contribution in [3.8, 4) is 0 Å². The number of hydrogen-bond acceptors (Lipinski definition) is 2. The molecule has 0 aliphatic heterocycles. The number of rotatable bonds is 4. The van der Waals surface area contributed by atoms with Gasteiger partial charge in [0.2, 0.25) is 0 Å². The average molecular weight is 260 g/mol. The third-order valence-corrected chi connectivity index (χ3v) is 2.45. The topological polar surface area (TPSA) is 23.6 Å². The monoisotopic (exact) mass is 260 g/mol. The summed E-state index contributed by atoms with van der Waals surface area (Å²) >= 11 is 0. The summed E-state index contributed by atoms with van der Waals surface area (Å²) in [5.74, 6) is -1.88. The number of carbonyl (C=O) groups is 1. The minimum absolute atomic E-state index is 0.212. The summed E-state index contributed by atoms with van der Waals surface area (Å²) in [5.41, 5.74) is 0.212. The smallest absolute Gasteiger partial charge is 0.262 e. The summed E-state index contributed by atoms with van der Waals surface area (Å²) in [5, 5.41) is 2.02. The quantitative estimate of drug-likeness (QED) is 0.777. The fraction of sp³-hybridized carbons (Fsp3) is 0.417. The molecule has 0 atom stereocenters. The fourth-order valence-electron chi connectivity index (χ4n) is 1.60. The van der Waals surface area contributed by atoms with Crippen molar-refractivity contribution in [1.29, 1.82) is 0 Å². The van der Waals surface area contributed by atoms with Crippen molar-refractivity contribution in [3.63, 3.8) is 0 Å². The molecule has 100 valence electrons. The number of halogens is 3. The second-order valence-corrected chi connectivity index (χ2v) is 3.59. The number of nitrogens with zero attached hydrogens (tertiary/aromatic N) is 2. The zero-order chi connectivity index (χ0) is 13.8. The molecule has 0 bridgehead atoms. The lowest BCUT2D eigenvalue weighted by Gasteiger charge is -2.33. The van der Waals surface area contributed by atoms with Gasteiger partial charge in [-0.15, -0.1) is 0 Å². The molecule has 0 saturated carbocycles. The van der Waals surface area contributed by atoms with Gasteiger partial charge in [0.1, 0.15) is 0 Å². The van der Waals surface area contributed by atoms with E-state index < -0.39 is 12.1 Å². The lowest BCUT2D eigenvalue weighted by Crippen LogP contribution is -2.52. The second kappa shape index (κ2) is 5.86. The van der Waals surface area contributed by atoms with Crippen molar-refractivity contribution in [2.45, 2.75) is 20.0 Å². The Hall–Kier alpha value is -1.56. The first-order chi connectivity index (χ1) is 8.41. The maximum absolute atomic E-state index is 12.6. The van der Waals surface area contributed by atoms with Crippen LogP contribution in [0.3, 0.4) is 0 Å². The molecule has 0 radical (unpaired) electrons. The fourth-order valence-corrected chi connectivity index (χ4v) is 1.60. The van der Waals surface area contributed by atoms with E-state index in [1.165, 1.54) is 17.1 Å². The van der Waals surface area contributed by atoms with E-state index >= 15 is 0 Å². The predicted octanol–water partition coefficient (Wildman–Crippen LogP) is 2.84. The van der Waals surface area contributed by atoms with E-state index in [9.17, 15) is 18.0 Å². The largest absolute Gasteiger partial charge is 0.473 e. The normalized spacial score (nSPS) is 11.7. The van der Waals surface area contributed by atoms with Gasteiger partial charge in [-0.25, -0.2) is 10.0 Å². The van der Waals surface area contributed by atoms with Crippen LogP contribution in [0.2, 0.25) is 0 Å². The first-order valence-electron chi connectivity index (χ1n) is 5.63. The molecule has 0 unspecified atom stereocenters. The molecule has 0 aromatic heterocycles. The van der Waals surface area contributed by atoms with Crippen LogP contribution in [0, 0.1) is 0 Å². The number of alkyl halides is 3. The Balaban J connectivity index is 3.15. The van der Waals surface area contributed by atoms with Gasteiger partial charge in [0.25, 0.3) is 0 Å². The number of anilines is 1. The van der Waals surface area contributed by atoms with Gasteiger partial charge in [0.15, 0.2) is 0 Å². The molecule has 6 heteroatoms. The molecule has 1 rings (SSSR count). The highest BCUT2D eigenvalue weighted by atomic mass is 19.4.